The van der Waals surface area contributed by atoms with Gasteiger partial charge in [0.15, 0.2) is 0 Å². The van der Waals surface area contributed by atoms with Gasteiger partial charge >= 0.3 is 0 Å². The van der Waals surface area contributed by atoms with Crippen molar-refractivity contribution in [1.29, 1.82) is 0 Å². The first-order valence-corrected chi connectivity index (χ1v) is 11.3. The molecule has 0 saturated carbocycles. The normalized spacial score (nSPS) is 14.4. The molecule has 1 fully saturated rings. The van der Waals surface area contributed by atoms with Crippen LogP contribution in [0, 0.1) is 6.92 Å². The predicted octanol–water partition coefficient (Wildman–Crippen LogP) is 5.19. The van der Waals surface area contributed by atoms with Crippen molar-refractivity contribution in [2.24, 2.45) is 0 Å². The maximum absolute atomic E-state index is 12.8. The van der Waals surface area contributed by atoms with Crippen LogP contribution < -0.4 is 5.32 Å². The summed E-state index contributed by atoms with van der Waals surface area (Å²) < 4.78 is 0. The lowest BCUT2D eigenvalue weighted by molar-refractivity contribution is 0.102. The first kappa shape index (κ1) is 22.7. The lowest BCUT2D eigenvalue weighted by Gasteiger charge is -2.37. The summed E-state index contributed by atoms with van der Waals surface area (Å²) in [7, 11) is 4.30. The Hall–Kier alpha value is -3.51. The van der Waals surface area contributed by atoms with Crippen molar-refractivity contribution in [2.45, 2.75) is 25.8 Å². The van der Waals surface area contributed by atoms with Gasteiger partial charge in [0.25, 0.3) is 5.91 Å². The van der Waals surface area contributed by atoms with Gasteiger partial charge in [0, 0.05) is 38.9 Å². The highest BCUT2D eigenvalue weighted by Crippen LogP contribution is 2.26. The number of nitrogens with one attached hydrogen (secondary N) is 1. The molecule has 0 radical (unpaired) electrons. The molecule has 1 amide bonds. The van der Waals surface area contributed by atoms with E-state index in [-0.39, 0.29) is 8.76 Å². The zero-order valence-corrected chi connectivity index (χ0v) is 19.6. The number of nitrogens with zero attached hydrogens (tertiary/aromatic N) is 4. The minimum absolute atomic E-state index is 0. The van der Waals surface area contributed by atoms with Gasteiger partial charge in [-0.15, -0.1) is 0 Å². The molecule has 174 valence electrons. The second-order valence-corrected chi connectivity index (χ2v) is 8.72. The van der Waals surface area contributed by atoms with Gasteiger partial charge in [0.05, 0.1) is 17.6 Å². The maximum Gasteiger partial charge on any atom is 0.276 e. The van der Waals surface area contributed by atoms with E-state index < -0.39 is 0 Å². The van der Waals surface area contributed by atoms with Gasteiger partial charge in [0.2, 0.25) is 0 Å². The topological polar surface area (TPSA) is 61.4 Å². The van der Waals surface area contributed by atoms with Crippen LogP contribution in [-0.2, 0) is 0 Å². The number of hydrogen-bond donors (Lipinski definition) is 1. The van der Waals surface area contributed by atoms with Crippen molar-refractivity contribution in [2.75, 3.05) is 32.5 Å². The van der Waals surface area contributed by atoms with E-state index in [0.717, 1.165) is 48.4 Å². The Bertz CT molecular complexity index is 1130. The second kappa shape index (κ2) is 9.96. The van der Waals surface area contributed by atoms with Gasteiger partial charge in [-0.3, -0.25) is 9.78 Å². The highest BCUT2D eigenvalue weighted by molar-refractivity contribution is 6.03. The van der Waals surface area contributed by atoms with Crippen LogP contribution in [0.4, 0.5) is 5.69 Å². The first-order chi connectivity index (χ1) is 15.9. The fourth-order valence-electron chi connectivity index (χ4n) is 4.18. The number of hydrogen-bond acceptors (Lipinski definition) is 5. The van der Waals surface area contributed by atoms with E-state index in [1.54, 1.807) is 13.1 Å². The molecule has 0 bridgehead atoms. The van der Waals surface area contributed by atoms with Crippen LogP contribution in [0.3, 0.4) is 0 Å². The van der Waals surface area contributed by atoms with Gasteiger partial charge in [-0.25, -0.2) is 4.98 Å². The number of carbonyl (C=O) groups excluding carboxylic acids is 1. The third kappa shape index (κ3) is 5.29. The van der Waals surface area contributed by atoms with Crippen molar-refractivity contribution in [3.8, 4) is 11.3 Å². The number of amides is 1. The van der Waals surface area contributed by atoms with Crippen molar-refractivity contribution in [1.82, 2.24) is 19.8 Å². The highest BCUT2D eigenvalue weighted by Gasteiger charge is 2.22. The molecule has 4 rings (SSSR count). The SMILES string of the molecule is C=C(c1ccc(-c2cnc(C)c(C(=O)Nc3ccccc3)n2)cc1)N1CCC(N(C)C)CC1.[HH].[HH]. The van der Waals surface area contributed by atoms with E-state index >= 15 is 0 Å². The minimum atomic E-state index is -0.265. The average Bonchev–Trinajstić information content (AvgIpc) is 2.84. The molecule has 1 aromatic heterocycles. The standard InChI is InChI=1S/C27H31N5O.2H2/c1-19-26(27(33)29-23-8-6-5-7-9-23)30-25(18-28-19)22-12-10-21(11-13-22)20(2)32-16-14-24(15-17-32)31(3)4;;/h5-13,18,24H,2,14-17H2,1,3-4H3,(H,29,33);2*1H. The third-order valence-electron chi connectivity index (χ3n) is 6.29. The van der Waals surface area contributed by atoms with Gasteiger partial charge in [-0.1, -0.05) is 49.0 Å². The molecule has 0 spiro atoms. The average molecular weight is 446 g/mol. The molecule has 0 aliphatic carbocycles. The predicted molar refractivity (Wildman–Crippen MR) is 138 cm³/mol. The summed E-state index contributed by atoms with van der Waals surface area (Å²) in [6, 6.07) is 18.2. The van der Waals surface area contributed by atoms with E-state index in [1.807, 2.05) is 42.5 Å². The molecule has 1 N–H and O–H groups in total. The Morgan fingerprint density at radius 2 is 1.76 bits per heavy atom. The number of aryl methyl sites for hydroxylation is 1. The fraction of sp³-hybridized carbons (Fsp3) is 0.296. The van der Waals surface area contributed by atoms with Gasteiger partial charge < -0.3 is 15.1 Å². The van der Waals surface area contributed by atoms with E-state index in [9.17, 15) is 4.79 Å². The largest absolute Gasteiger partial charge is 0.371 e. The summed E-state index contributed by atoms with van der Waals surface area (Å²) in [5, 5.41) is 2.89. The lowest BCUT2D eigenvalue weighted by Crippen LogP contribution is -2.40. The van der Waals surface area contributed by atoms with Crippen LogP contribution in [0.25, 0.3) is 17.0 Å². The molecule has 33 heavy (non-hydrogen) atoms. The van der Waals surface area contributed by atoms with Gasteiger partial charge in [-0.2, -0.15) is 0 Å². The fourth-order valence-corrected chi connectivity index (χ4v) is 4.18. The summed E-state index contributed by atoms with van der Waals surface area (Å²) in [6.07, 6.45) is 4.01. The van der Waals surface area contributed by atoms with Crippen molar-refractivity contribution < 1.29 is 7.65 Å². The zero-order chi connectivity index (χ0) is 23.4. The Labute approximate surface area is 199 Å². The van der Waals surface area contributed by atoms with E-state index in [1.165, 1.54) is 0 Å². The molecular formula is C27H35N5O. The summed E-state index contributed by atoms with van der Waals surface area (Å²) in [5.74, 6) is -0.265. The maximum atomic E-state index is 12.8. The molecule has 0 atom stereocenters. The summed E-state index contributed by atoms with van der Waals surface area (Å²) in [6.45, 7) is 8.18. The smallest absolute Gasteiger partial charge is 0.276 e. The molecule has 1 aliphatic heterocycles. The minimum Gasteiger partial charge on any atom is -0.371 e. The first-order valence-electron chi connectivity index (χ1n) is 11.3. The number of anilines is 1. The number of benzene rings is 2. The van der Waals surface area contributed by atoms with E-state index in [2.05, 4.69) is 57.9 Å². The van der Waals surface area contributed by atoms with E-state index in [4.69, 9.17) is 0 Å². The molecule has 1 saturated heterocycles. The van der Waals surface area contributed by atoms with Crippen LogP contribution in [0.15, 0.2) is 67.4 Å². The Morgan fingerprint density at radius 1 is 1.09 bits per heavy atom. The number of carbonyl (C=O) groups is 1. The zero-order valence-electron chi connectivity index (χ0n) is 19.6. The van der Waals surface area contributed by atoms with Gasteiger partial charge in [0.1, 0.15) is 5.69 Å². The van der Waals surface area contributed by atoms with E-state index in [0.29, 0.717) is 23.1 Å². The van der Waals surface area contributed by atoms with Crippen LogP contribution >= 0.6 is 0 Å². The Kier molecular flexibility index (Phi) is 6.84. The molecule has 2 aromatic carbocycles. The molecule has 2 heterocycles. The molecular weight excluding hydrogens is 410 g/mol. The van der Waals surface area contributed by atoms with Crippen LogP contribution in [0.2, 0.25) is 0 Å². The molecule has 6 heteroatoms. The summed E-state index contributed by atoms with van der Waals surface area (Å²) in [5.41, 5.74) is 5.39. The van der Waals surface area contributed by atoms with Crippen LogP contribution in [0.1, 0.15) is 37.4 Å². The van der Waals surface area contributed by atoms with Gasteiger partial charge in [-0.05, 0) is 51.6 Å². The molecule has 0 unspecified atom stereocenters. The molecule has 6 nitrogen and oxygen atoms in total. The number of piperidine rings is 1. The van der Waals surface area contributed by atoms with Crippen molar-refractivity contribution >= 4 is 17.3 Å². The third-order valence-corrected chi connectivity index (χ3v) is 6.29. The van der Waals surface area contributed by atoms with Crippen molar-refractivity contribution in [3.05, 3.63) is 84.3 Å². The number of para-hydroxylation sites is 1. The number of likely N-dealkylation sites (tertiary alicyclic amines) is 1. The monoisotopic (exact) mass is 445 g/mol. The number of rotatable bonds is 6. The number of aromatic nitrogens is 2. The quantitative estimate of drug-likeness (QED) is 0.566. The Morgan fingerprint density at radius 3 is 2.39 bits per heavy atom. The molecule has 1 aliphatic rings. The lowest BCUT2D eigenvalue weighted by atomic mass is 10.0. The molecule has 3 aromatic rings. The highest BCUT2D eigenvalue weighted by atomic mass is 16.1. The van der Waals surface area contributed by atoms with Crippen LogP contribution in [-0.4, -0.2) is 58.9 Å². The van der Waals surface area contributed by atoms with Crippen LogP contribution in [0.5, 0.6) is 0 Å². The summed E-state index contributed by atoms with van der Waals surface area (Å²) in [4.78, 5) is 26.5. The summed E-state index contributed by atoms with van der Waals surface area (Å²) >= 11 is 0. The second-order valence-electron chi connectivity index (χ2n) is 8.72. The van der Waals surface area contributed by atoms with Crippen molar-refractivity contribution in [3.63, 3.8) is 0 Å². The Balaban J connectivity index is 0.00000216.